The average Bonchev–Trinajstić information content (AvgIpc) is 2.63. The molecule has 0 radical (unpaired) electrons. The summed E-state index contributed by atoms with van der Waals surface area (Å²) in [4.78, 5) is 11.7. The highest BCUT2D eigenvalue weighted by Crippen LogP contribution is 2.07. The van der Waals surface area contributed by atoms with Gasteiger partial charge in [-0.15, -0.1) is 0 Å². The number of aryl methyl sites for hydroxylation is 1. The van der Waals surface area contributed by atoms with Crippen molar-refractivity contribution in [3.05, 3.63) is 12.3 Å². The summed E-state index contributed by atoms with van der Waals surface area (Å²) in [6.45, 7) is 4.07. The first-order chi connectivity index (χ1) is 8.04. The molecule has 96 valence electrons. The van der Waals surface area contributed by atoms with Crippen molar-refractivity contribution in [2.45, 2.75) is 26.3 Å². The lowest BCUT2D eigenvalue weighted by Crippen LogP contribution is -2.41. The Kier molecular flexibility index (Phi) is 4.96. The second-order valence-corrected chi connectivity index (χ2v) is 4.30. The minimum absolute atomic E-state index is 0.0340. The van der Waals surface area contributed by atoms with Crippen LogP contribution in [0.3, 0.4) is 0 Å². The van der Waals surface area contributed by atoms with Gasteiger partial charge in [-0.3, -0.25) is 10.00 Å². The molecule has 1 heterocycles. The maximum absolute atomic E-state index is 11.7. The zero-order valence-electron chi connectivity index (χ0n) is 10.5. The molecule has 0 aliphatic rings. The molecule has 0 aliphatic carbocycles. The lowest BCUT2D eigenvalue weighted by atomic mass is 10.0. The van der Waals surface area contributed by atoms with E-state index in [1.807, 2.05) is 13.8 Å². The first-order valence-corrected chi connectivity index (χ1v) is 5.71. The number of amides is 2. The van der Waals surface area contributed by atoms with Crippen LogP contribution in [0.2, 0.25) is 0 Å². The molecule has 1 aromatic rings. The number of aliphatic hydroxyl groups is 1. The number of aromatic nitrogens is 2. The van der Waals surface area contributed by atoms with Crippen LogP contribution in [-0.4, -0.2) is 33.6 Å². The second-order valence-electron chi connectivity index (χ2n) is 4.30. The van der Waals surface area contributed by atoms with Gasteiger partial charge in [0.15, 0.2) is 0 Å². The van der Waals surface area contributed by atoms with Crippen LogP contribution < -0.4 is 10.6 Å². The van der Waals surface area contributed by atoms with Gasteiger partial charge in [0.25, 0.3) is 0 Å². The number of nitrogens with zero attached hydrogens (tertiary/aromatic N) is 2. The van der Waals surface area contributed by atoms with Gasteiger partial charge < -0.3 is 10.4 Å². The SMILES string of the molecule is CC(C)C(CCO)NC(=O)Nc1ccnn1C. The summed E-state index contributed by atoms with van der Waals surface area (Å²) < 4.78 is 1.58. The van der Waals surface area contributed by atoms with Gasteiger partial charge in [-0.25, -0.2) is 4.79 Å². The van der Waals surface area contributed by atoms with Crippen molar-refractivity contribution in [2.24, 2.45) is 13.0 Å². The molecular weight excluding hydrogens is 220 g/mol. The zero-order chi connectivity index (χ0) is 12.8. The summed E-state index contributed by atoms with van der Waals surface area (Å²) in [7, 11) is 1.75. The van der Waals surface area contributed by atoms with Gasteiger partial charge in [-0.2, -0.15) is 5.10 Å². The quantitative estimate of drug-likeness (QED) is 0.717. The smallest absolute Gasteiger partial charge is 0.320 e. The minimum Gasteiger partial charge on any atom is -0.396 e. The van der Waals surface area contributed by atoms with Gasteiger partial charge in [0, 0.05) is 25.8 Å². The number of nitrogens with one attached hydrogen (secondary N) is 2. The van der Waals surface area contributed by atoms with Crippen molar-refractivity contribution in [3.63, 3.8) is 0 Å². The second kappa shape index (κ2) is 6.24. The molecule has 17 heavy (non-hydrogen) atoms. The first-order valence-electron chi connectivity index (χ1n) is 5.71. The molecule has 0 saturated heterocycles. The highest BCUT2D eigenvalue weighted by Gasteiger charge is 2.15. The first kappa shape index (κ1) is 13.5. The summed E-state index contributed by atoms with van der Waals surface area (Å²) in [6.07, 6.45) is 2.17. The number of hydrogen-bond acceptors (Lipinski definition) is 3. The normalized spacial score (nSPS) is 12.5. The maximum Gasteiger partial charge on any atom is 0.320 e. The van der Waals surface area contributed by atoms with E-state index in [4.69, 9.17) is 5.11 Å². The fourth-order valence-electron chi connectivity index (χ4n) is 1.53. The molecular formula is C11H20N4O2. The van der Waals surface area contributed by atoms with Crippen LogP contribution in [-0.2, 0) is 7.05 Å². The number of hydrogen-bond donors (Lipinski definition) is 3. The molecule has 0 aliphatic heterocycles. The van der Waals surface area contributed by atoms with Gasteiger partial charge in [0.2, 0.25) is 0 Å². The van der Waals surface area contributed by atoms with Crippen molar-refractivity contribution in [1.29, 1.82) is 0 Å². The Hall–Kier alpha value is -1.56. The molecule has 0 saturated carbocycles. The summed E-state index contributed by atoms with van der Waals surface area (Å²) >= 11 is 0. The van der Waals surface area contributed by atoms with Gasteiger partial charge in [-0.1, -0.05) is 13.8 Å². The van der Waals surface area contributed by atoms with E-state index in [9.17, 15) is 4.79 Å². The molecule has 3 N–H and O–H groups in total. The fourth-order valence-corrected chi connectivity index (χ4v) is 1.53. The predicted octanol–water partition coefficient (Wildman–Crippen LogP) is 0.949. The minimum atomic E-state index is -0.277. The molecule has 2 amide bonds. The summed E-state index contributed by atoms with van der Waals surface area (Å²) in [6, 6.07) is 1.41. The molecule has 1 unspecified atom stereocenters. The van der Waals surface area contributed by atoms with Crippen molar-refractivity contribution >= 4 is 11.8 Å². The molecule has 1 aromatic heterocycles. The van der Waals surface area contributed by atoms with Crippen LogP contribution in [0.5, 0.6) is 0 Å². The van der Waals surface area contributed by atoms with Crippen LogP contribution in [0.25, 0.3) is 0 Å². The Morgan fingerprint density at radius 2 is 2.29 bits per heavy atom. The molecule has 1 rings (SSSR count). The van der Waals surface area contributed by atoms with Crippen LogP contribution >= 0.6 is 0 Å². The van der Waals surface area contributed by atoms with Crippen molar-refractivity contribution in [3.8, 4) is 0 Å². The maximum atomic E-state index is 11.7. The monoisotopic (exact) mass is 240 g/mol. The van der Waals surface area contributed by atoms with Crippen LogP contribution in [0.1, 0.15) is 20.3 Å². The Bertz CT molecular complexity index is 362. The summed E-state index contributed by atoms with van der Waals surface area (Å²) in [5, 5.41) is 18.4. The standard InChI is InChI=1S/C11H20N4O2/c1-8(2)9(5-7-16)13-11(17)14-10-4-6-12-15(10)3/h4,6,8-9,16H,5,7H2,1-3H3,(H2,13,14,17). The number of urea groups is 1. The van der Waals surface area contributed by atoms with E-state index in [1.54, 1.807) is 24.0 Å². The largest absolute Gasteiger partial charge is 0.396 e. The van der Waals surface area contributed by atoms with E-state index in [0.717, 1.165) is 0 Å². The van der Waals surface area contributed by atoms with Crippen molar-refractivity contribution in [2.75, 3.05) is 11.9 Å². The molecule has 6 heteroatoms. The van der Waals surface area contributed by atoms with Gasteiger partial charge >= 0.3 is 6.03 Å². The Balaban J connectivity index is 2.50. The number of anilines is 1. The lowest BCUT2D eigenvalue weighted by Gasteiger charge is -2.21. The number of carbonyl (C=O) groups is 1. The van der Waals surface area contributed by atoms with Gasteiger partial charge in [-0.05, 0) is 12.3 Å². The third-order valence-corrected chi connectivity index (χ3v) is 2.62. The Morgan fingerprint density at radius 3 is 2.76 bits per heavy atom. The van der Waals surface area contributed by atoms with Crippen molar-refractivity contribution < 1.29 is 9.90 Å². The van der Waals surface area contributed by atoms with E-state index in [-0.39, 0.29) is 24.6 Å². The highest BCUT2D eigenvalue weighted by atomic mass is 16.3. The molecule has 0 aromatic carbocycles. The number of aliphatic hydroxyl groups excluding tert-OH is 1. The topological polar surface area (TPSA) is 79.2 Å². The van der Waals surface area contributed by atoms with E-state index in [2.05, 4.69) is 15.7 Å². The third-order valence-electron chi connectivity index (χ3n) is 2.62. The molecule has 0 spiro atoms. The molecule has 6 nitrogen and oxygen atoms in total. The van der Waals surface area contributed by atoms with E-state index in [0.29, 0.717) is 12.2 Å². The van der Waals surface area contributed by atoms with E-state index in [1.165, 1.54) is 0 Å². The third kappa shape index (κ3) is 4.07. The van der Waals surface area contributed by atoms with Crippen LogP contribution in [0.4, 0.5) is 10.6 Å². The fraction of sp³-hybridized carbons (Fsp3) is 0.636. The highest BCUT2D eigenvalue weighted by molar-refractivity contribution is 5.88. The van der Waals surface area contributed by atoms with E-state index >= 15 is 0 Å². The molecule has 1 atom stereocenters. The van der Waals surface area contributed by atoms with Crippen LogP contribution in [0, 0.1) is 5.92 Å². The van der Waals surface area contributed by atoms with Crippen LogP contribution in [0.15, 0.2) is 12.3 Å². The summed E-state index contributed by atoms with van der Waals surface area (Å²) in [5.41, 5.74) is 0. The number of carbonyl (C=O) groups excluding carboxylic acids is 1. The molecule has 0 bridgehead atoms. The Labute approximate surface area is 101 Å². The van der Waals surface area contributed by atoms with Gasteiger partial charge in [0.05, 0.1) is 6.20 Å². The average molecular weight is 240 g/mol. The Morgan fingerprint density at radius 1 is 1.59 bits per heavy atom. The molecule has 0 fully saturated rings. The lowest BCUT2D eigenvalue weighted by molar-refractivity contribution is 0.227. The van der Waals surface area contributed by atoms with Crippen molar-refractivity contribution in [1.82, 2.24) is 15.1 Å². The number of rotatable bonds is 5. The predicted molar refractivity (Wildman–Crippen MR) is 65.7 cm³/mol. The summed E-state index contributed by atoms with van der Waals surface area (Å²) in [5.74, 6) is 0.911. The van der Waals surface area contributed by atoms with Gasteiger partial charge in [0.1, 0.15) is 5.82 Å². The van der Waals surface area contributed by atoms with E-state index < -0.39 is 0 Å². The zero-order valence-corrected chi connectivity index (χ0v) is 10.5.